The molecule has 3 rings (SSSR count). The molecule has 5 heteroatoms. The highest BCUT2D eigenvalue weighted by Crippen LogP contribution is 2.31. The normalized spacial score (nSPS) is 19.4. The van der Waals surface area contributed by atoms with Crippen LogP contribution in [0.2, 0.25) is 0 Å². The first kappa shape index (κ1) is 20.7. The zero-order chi connectivity index (χ0) is 20.0. The van der Waals surface area contributed by atoms with Crippen molar-refractivity contribution in [2.75, 3.05) is 6.54 Å². The van der Waals surface area contributed by atoms with Crippen molar-refractivity contribution in [2.24, 2.45) is 0 Å². The molecule has 0 bridgehead atoms. The van der Waals surface area contributed by atoms with Crippen LogP contribution in [-0.2, 0) is 12.6 Å². The summed E-state index contributed by atoms with van der Waals surface area (Å²) < 4.78 is 44.6. The standard InChI is InChI=1S/C23H28F3NO/c1-2-8-22(28-21-14-12-19(13-15-21)23(24,25)26)27-16-7-6-11-20(27)17-18-9-4-3-5-10-18/h3-5,9-10,12-15,20,22H,2,6-8,11,16-17H2,1H3. The molecule has 28 heavy (non-hydrogen) atoms. The summed E-state index contributed by atoms with van der Waals surface area (Å²) >= 11 is 0. The molecule has 152 valence electrons. The maximum Gasteiger partial charge on any atom is 0.416 e. The Balaban J connectivity index is 1.73. The molecule has 1 saturated heterocycles. The summed E-state index contributed by atoms with van der Waals surface area (Å²) in [6.07, 6.45) is 1.79. The fraction of sp³-hybridized carbons (Fsp3) is 0.478. The summed E-state index contributed by atoms with van der Waals surface area (Å²) in [6.45, 7) is 3.07. The summed E-state index contributed by atoms with van der Waals surface area (Å²) in [5.41, 5.74) is 0.663. The number of likely N-dealkylation sites (tertiary alicyclic amines) is 1. The molecule has 0 saturated carbocycles. The molecule has 1 aliphatic rings. The smallest absolute Gasteiger partial charge is 0.416 e. The van der Waals surface area contributed by atoms with E-state index < -0.39 is 11.7 Å². The van der Waals surface area contributed by atoms with E-state index in [9.17, 15) is 13.2 Å². The first-order valence-corrected chi connectivity index (χ1v) is 10.1. The van der Waals surface area contributed by atoms with E-state index in [0.29, 0.717) is 11.8 Å². The Labute approximate surface area is 165 Å². The van der Waals surface area contributed by atoms with Crippen LogP contribution in [0.15, 0.2) is 54.6 Å². The molecular weight excluding hydrogens is 363 g/mol. The molecule has 2 aromatic carbocycles. The lowest BCUT2D eigenvalue weighted by atomic mass is 9.95. The molecule has 2 unspecified atom stereocenters. The molecule has 1 heterocycles. The van der Waals surface area contributed by atoms with Gasteiger partial charge in [-0.2, -0.15) is 13.2 Å². The first-order valence-electron chi connectivity index (χ1n) is 10.1. The average Bonchev–Trinajstić information content (AvgIpc) is 2.69. The van der Waals surface area contributed by atoms with Crippen molar-refractivity contribution >= 4 is 0 Å². The maximum absolute atomic E-state index is 12.8. The fourth-order valence-electron chi connectivity index (χ4n) is 3.93. The Bertz CT molecular complexity index is 715. The highest BCUT2D eigenvalue weighted by atomic mass is 19.4. The summed E-state index contributed by atoms with van der Waals surface area (Å²) in [6, 6.07) is 15.9. The van der Waals surface area contributed by atoms with Gasteiger partial charge in [-0.1, -0.05) is 50.1 Å². The lowest BCUT2D eigenvalue weighted by molar-refractivity contribution is -0.137. The minimum atomic E-state index is -4.32. The Kier molecular flexibility index (Phi) is 7.00. The van der Waals surface area contributed by atoms with Crippen molar-refractivity contribution in [1.82, 2.24) is 4.90 Å². The molecule has 2 atom stereocenters. The van der Waals surface area contributed by atoms with Crippen molar-refractivity contribution in [3.8, 4) is 5.75 Å². The van der Waals surface area contributed by atoms with Crippen LogP contribution in [0, 0.1) is 0 Å². The predicted molar refractivity (Wildman–Crippen MR) is 105 cm³/mol. The van der Waals surface area contributed by atoms with Crippen LogP contribution in [0.4, 0.5) is 13.2 Å². The molecule has 2 nitrogen and oxygen atoms in total. The Morgan fingerprint density at radius 1 is 1.04 bits per heavy atom. The van der Waals surface area contributed by atoms with E-state index in [1.165, 1.54) is 24.1 Å². The van der Waals surface area contributed by atoms with Gasteiger partial charge in [0.25, 0.3) is 0 Å². The van der Waals surface area contributed by atoms with Crippen molar-refractivity contribution in [1.29, 1.82) is 0 Å². The second-order valence-corrected chi connectivity index (χ2v) is 7.46. The summed E-state index contributed by atoms with van der Waals surface area (Å²) in [4.78, 5) is 2.41. The van der Waals surface area contributed by atoms with Gasteiger partial charge in [-0.3, -0.25) is 4.90 Å². The van der Waals surface area contributed by atoms with Crippen LogP contribution >= 0.6 is 0 Å². The van der Waals surface area contributed by atoms with Crippen LogP contribution in [0.5, 0.6) is 5.75 Å². The van der Waals surface area contributed by atoms with E-state index in [-0.39, 0.29) is 6.23 Å². The van der Waals surface area contributed by atoms with Crippen molar-refractivity contribution in [3.63, 3.8) is 0 Å². The van der Waals surface area contributed by atoms with E-state index in [0.717, 1.165) is 50.8 Å². The van der Waals surface area contributed by atoms with Gasteiger partial charge in [0.15, 0.2) is 6.23 Å². The Morgan fingerprint density at radius 2 is 1.75 bits per heavy atom. The van der Waals surface area contributed by atoms with Crippen LogP contribution in [0.25, 0.3) is 0 Å². The molecule has 0 aliphatic carbocycles. The first-order chi connectivity index (χ1) is 13.5. The van der Waals surface area contributed by atoms with Crippen molar-refractivity contribution in [3.05, 3.63) is 65.7 Å². The third-order valence-electron chi connectivity index (χ3n) is 5.35. The van der Waals surface area contributed by atoms with Crippen LogP contribution in [0.3, 0.4) is 0 Å². The molecule has 1 aliphatic heterocycles. The number of benzene rings is 2. The number of piperidine rings is 1. The number of ether oxygens (including phenoxy) is 1. The van der Waals surface area contributed by atoms with Gasteiger partial charge in [0.2, 0.25) is 0 Å². The third kappa shape index (κ3) is 5.51. The minimum absolute atomic E-state index is 0.115. The lowest BCUT2D eigenvalue weighted by Gasteiger charge is -2.41. The molecule has 0 N–H and O–H groups in total. The van der Waals surface area contributed by atoms with Crippen LogP contribution < -0.4 is 4.74 Å². The Hall–Kier alpha value is -2.01. The number of hydrogen-bond donors (Lipinski definition) is 0. The lowest BCUT2D eigenvalue weighted by Crippen LogP contribution is -2.49. The van der Waals surface area contributed by atoms with Gasteiger partial charge >= 0.3 is 6.18 Å². The zero-order valence-corrected chi connectivity index (χ0v) is 16.3. The summed E-state index contributed by atoms with van der Waals surface area (Å²) in [5.74, 6) is 0.496. The molecule has 0 aromatic heterocycles. The molecule has 1 fully saturated rings. The van der Waals surface area contributed by atoms with Gasteiger partial charge in [0, 0.05) is 12.6 Å². The highest BCUT2D eigenvalue weighted by Gasteiger charge is 2.31. The number of alkyl halides is 3. The molecule has 0 spiro atoms. The van der Waals surface area contributed by atoms with Crippen LogP contribution in [0.1, 0.15) is 50.2 Å². The van der Waals surface area contributed by atoms with Crippen LogP contribution in [-0.4, -0.2) is 23.7 Å². The van der Waals surface area contributed by atoms with E-state index in [2.05, 4.69) is 36.1 Å². The largest absolute Gasteiger partial charge is 0.475 e. The van der Waals surface area contributed by atoms with Gasteiger partial charge in [0.05, 0.1) is 5.56 Å². The average molecular weight is 391 g/mol. The number of halogens is 3. The van der Waals surface area contributed by atoms with Crippen molar-refractivity contribution < 1.29 is 17.9 Å². The van der Waals surface area contributed by atoms with Gasteiger partial charge in [-0.05, 0) is 55.5 Å². The second-order valence-electron chi connectivity index (χ2n) is 7.46. The predicted octanol–water partition coefficient (Wildman–Crippen LogP) is 6.31. The third-order valence-corrected chi connectivity index (χ3v) is 5.35. The number of rotatable bonds is 7. The molecule has 2 aromatic rings. The maximum atomic E-state index is 12.8. The number of nitrogens with zero attached hydrogens (tertiary/aromatic N) is 1. The van der Waals surface area contributed by atoms with Gasteiger partial charge in [-0.25, -0.2) is 0 Å². The van der Waals surface area contributed by atoms with Gasteiger partial charge < -0.3 is 4.74 Å². The van der Waals surface area contributed by atoms with E-state index >= 15 is 0 Å². The highest BCUT2D eigenvalue weighted by molar-refractivity contribution is 5.29. The Morgan fingerprint density at radius 3 is 2.39 bits per heavy atom. The SMILES string of the molecule is CCCC(Oc1ccc(C(F)(F)F)cc1)N1CCCCC1Cc1ccccc1. The molecule has 0 radical (unpaired) electrons. The van der Waals surface area contributed by atoms with Gasteiger partial charge in [0.1, 0.15) is 5.75 Å². The molecule has 0 amide bonds. The monoisotopic (exact) mass is 391 g/mol. The summed E-state index contributed by atoms with van der Waals surface area (Å²) in [5, 5.41) is 0. The second kappa shape index (κ2) is 9.46. The fourth-order valence-corrected chi connectivity index (χ4v) is 3.93. The zero-order valence-electron chi connectivity index (χ0n) is 16.3. The topological polar surface area (TPSA) is 12.5 Å². The van der Waals surface area contributed by atoms with Gasteiger partial charge in [-0.15, -0.1) is 0 Å². The number of hydrogen-bond acceptors (Lipinski definition) is 2. The van der Waals surface area contributed by atoms with E-state index in [4.69, 9.17) is 4.74 Å². The van der Waals surface area contributed by atoms with Crippen molar-refractivity contribution in [2.45, 2.75) is 63.9 Å². The minimum Gasteiger partial charge on any atom is -0.475 e. The van der Waals surface area contributed by atoms with E-state index in [1.54, 1.807) is 0 Å². The van der Waals surface area contributed by atoms with E-state index in [1.807, 2.05) is 6.07 Å². The quantitative estimate of drug-likeness (QED) is 0.548. The summed E-state index contributed by atoms with van der Waals surface area (Å²) in [7, 11) is 0. The molecular formula is C23H28F3NO.